The number of piperidine rings is 1. The largest absolute Gasteiger partial charge is 0.417 e. The van der Waals surface area contributed by atoms with Gasteiger partial charge in [-0.2, -0.15) is 13.2 Å². The SMILES string of the molecule is CNc1ncc(CN2CCC[C@@H](c3noc4nc(C(C)C)cc(C(F)(F)F)c34)C2)cn1. The Balaban J connectivity index is 1.63. The summed E-state index contributed by atoms with van der Waals surface area (Å²) in [5.41, 5.74) is 0.880. The summed E-state index contributed by atoms with van der Waals surface area (Å²) >= 11 is 0. The highest BCUT2D eigenvalue weighted by Gasteiger charge is 2.38. The van der Waals surface area contributed by atoms with E-state index < -0.39 is 11.7 Å². The molecule has 1 fully saturated rings. The van der Waals surface area contributed by atoms with Gasteiger partial charge in [-0.3, -0.25) is 4.90 Å². The Hall–Kier alpha value is -2.75. The Labute approximate surface area is 178 Å². The van der Waals surface area contributed by atoms with Crippen molar-refractivity contribution in [3.63, 3.8) is 0 Å². The van der Waals surface area contributed by atoms with Crippen LogP contribution < -0.4 is 5.32 Å². The van der Waals surface area contributed by atoms with E-state index >= 15 is 0 Å². The number of halogens is 3. The Bertz CT molecular complexity index is 1050. The summed E-state index contributed by atoms with van der Waals surface area (Å²) in [5.74, 6) is 0.225. The quantitative estimate of drug-likeness (QED) is 0.630. The Morgan fingerprint density at radius 1 is 1.26 bits per heavy atom. The molecule has 7 nitrogen and oxygen atoms in total. The number of rotatable bonds is 5. The van der Waals surface area contributed by atoms with E-state index in [9.17, 15) is 13.2 Å². The highest BCUT2D eigenvalue weighted by Crippen LogP contribution is 2.40. The third-order valence-electron chi connectivity index (χ3n) is 5.62. The highest BCUT2D eigenvalue weighted by molar-refractivity contribution is 5.81. The van der Waals surface area contributed by atoms with Gasteiger partial charge in [-0.1, -0.05) is 19.0 Å². The Morgan fingerprint density at radius 2 is 2.00 bits per heavy atom. The number of aromatic nitrogens is 4. The van der Waals surface area contributed by atoms with Crippen molar-refractivity contribution >= 4 is 17.0 Å². The maximum Gasteiger partial charge on any atom is 0.417 e. The number of nitrogens with zero attached hydrogens (tertiary/aromatic N) is 5. The minimum Gasteiger partial charge on any atom is -0.357 e. The van der Waals surface area contributed by atoms with E-state index in [4.69, 9.17) is 4.52 Å². The van der Waals surface area contributed by atoms with Crippen molar-refractivity contribution in [2.24, 2.45) is 0 Å². The second kappa shape index (κ2) is 8.41. The summed E-state index contributed by atoms with van der Waals surface area (Å²) in [6.07, 6.45) is 0.607. The number of anilines is 1. The van der Waals surface area contributed by atoms with Crippen molar-refractivity contribution in [1.29, 1.82) is 0 Å². The van der Waals surface area contributed by atoms with Gasteiger partial charge in [0.15, 0.2) is 0 Å². The molecular formula is C21H25F3N6O. The number of likely N-dealkylation sites (tertiary alicyclic amines) is 1. The van der Waals surface area contributed by atoms with Gasteiger partial charge in [0.25, 0.3) is 5.71 Å². The molecule has 0 saturated carbocycles. The van der Waals surface area contributed by atoms with Gasteiger partial charge in [-0.15, -0.1) is 0 Å². The Morgan fingerprint density at radius 3 is 2.65 bits per heavy atom. The molecule has 3 aromatic heterocycles. The average molecular weight is 434 g/mol. The summed E-state index contributed by atoms with van der Waals surface area (Å²) in [7, 11) is 1.75. The van der Waals surface area contributed by atoms with Crippen LogP contribution in [0.2, 0.25) is 0 Å². The molecule has 10 heteroatoms. The van der Waals surface area contributed by atoms with Gasteiger partial charge >= 0.3 is 6.18 Å². The van der Waals surface area contributed by atoms with Gasteiger partial charge in [0.05, 0.1) is 16.6 Å². The van der Waals surface area contributed by atoms with Crippen LogP contribution in [0.15, 0.2) is 23.0 Å². The summed E-state index contributed by atoms with van der Waals surface area (Å²) in [6.45, 7) is 5.66. The minimum atomic E-state index is -4.51. The van der Waals surface area contributed by atoms with Crippen molar-refractivity contribution in [3.8, 4) is 0 Å². The molecule has 1 aliphatic heterocycles. The smallest absolute Gasteiger partial charge is 0.357 e. The van der Waals surface area contributed by atoms with Crippen LogP contribution in [0, 0.1) is 0 Å². The second-order valence-electron chi connectivity index (χ2n) is 8.23. The summed E-state index contributed by atoms with van der Waals surface area (Å²) < 4.78 is 47.0. The van der Waals surface area contributed by atoms with Gasteiger partial charge in [0.1, 0.15) is 0 Å². The first-order chi connectivity index (χ1) is 14.8. The summed E-state index contributed by atoms with van der Waals surface area (Å²) in [4.78, 5) is 14.9. The molecule has 166 valence electrons. The molecule has 4 heterocycles. The number of hydrogen-bond acceptors (Lipinski definition) is 7. The molecule has 0 unspecified atom stereocenters. The lowest BCUT2D eigenvalue weighted by Crippen LogP contribution is -2.34. The van der Waals surface area contributed by atoms with E-state index in [1.165, 1.54) is 0 Å². The van der Waals surface area contributed by atoms with Crippen molar-refractivity contribution in [2.45, 2.75) is 51.2 Å². The molecule has 0 spiro atoms. The van der Waals surface area contributed by atoms with Gasteiger partial charge < -0.3 is 9.84 Å². The highest BCUT2D eigenvalue weighted by atomic mass is 19.4. The van der Waals surface area contributed by atoms with Crippen molar-refractivity contribution in [1.82, 2.24) is 25.0 Å². The van der Waals surface area contributed by atoms with E-state index in [0.29, 0.717) is 30.4 Å². The molecule has 1 N–H and O–H groups in total. The van der Waals surface area contributed by atoms with Crippen molar-refractivity contribution in [3.05, 3.63) is 41.0 Å². The third-order valence-corrected chi connectivity index (χ3v) is 5.62. The van der Waals surface area contributed by atoms with Gasteiger partial charge in [0, 0.05) is 49.7 Å². The molecule has 4 rings (SSSR count). The zero-order chi connectivity index (χ0) is 22.2. The average Bonchev–Trinajstić information content (AvgIpc) is 3.17. The fourth-order valence-corrected chi connectivity index (χ4v) is 4.04. The number of alkyl halides is 3. The zero-order valence-corrected chi connectivity index (χ0v) is 17.7. The van der Waals surface area contributed by atoms with Crippen LogP contribution in [-0.4, -0.2) is 45.1 Å². The number of pyridine rings is 1. The van der Waals surface area contributed by atoms with E-state index in [0.717, 1.165) is 31.0 Å². The topological polar surface area (TPSA) is 80.0 Å². The number of fused-ring (bicyclic) bond motifs is 1. The fourth-order valence-electron chi connectivity index (χ4n) is 4.04. The van der Waals surface area contributed by atoms with Gasteiger partial charge in [-0.05, 0) is 31.4 Å². The first-order valence-electron chi connectivity index (χ1n) is 10.3. The van der Waals surface area contributed by atoms with Crippen LogP contribution in [0.1, 0.15) is 61.0 Å². The zero-order valence-electron chi connectivity index (χ0n) is 17.7. The van der Waals surface area contributed by atoms with E-state index in [1.54, 1.807) is 33.3 Å². The lowest BCUT2D eigenvalue weighted by atomic mass is 9.91. The van der Waals surface area contributed by atoms with Crippen LogP contribution in [-0.2, 0) is 12.7 Å². The number of hydrogen-bond donors (Lipinski definition) is 1. The first-order valence-corrected chi connectivity index (χ1v) is 10.3. The van der Waals surface area contributed by atoms with E-state index in [2.05, 4.69) is 30.3 Å². The molecule has 31 heavy (non-hydrogen) atoms. The van der Waals surface area contributed by atoms with E-state index in [1.807, 2.05) is 0 Å². The van der Waals surface area contributed by atoms with Crippen LogP contribution >= 0.6 is 0 Å². The molecule has 0 aromatic carbocycles. The molecule has 3 aromatic rings. The normalized spacial score (nSPS) is 18.1. The molecule has 1 aliphatic rings. The van der Waals surface area contributed by atoms with E-state index in [-0.39, 0.29) is 22.9 Å². The van der Waals surface area contributed by atoms with Crippen LogP contribution in [0.5, 0.6) is 0 Å². The maximum absolute atomic E-state index is 13.9. The second-order valence-corrected chi connectivity index (χ2v) is 8.23. The molecule has 0 radical (unpaired) electrons. The standard InChI is InChI=1S/C21H25F3N6O/c1-12(2)16-7-15(21(22,23)24)17-18(29-31-19(17)28-16)14-5-4-6-30(11-14)10-13-8-26-20(25-3)27-9-13/h7-9,12,14H,4-6,10-11H2,1-3H3,(H,25,26,27)/t14-/m1/s1. The molecular weight excluding hydrogens is 409 g/mol. The molecule has 0 amide bonds. The predicted octanol–water partition coefficient (Wildman–Crippen LogP) is 4.58. The van der Waals surface area contributed by atoms with Crippen LogP contribution in [0.4, 0.5) is 19.1 Å². The molecule has 0 aliphatic carbocycles. The molecule has 1 saturated heterocycles. The maximum atomic E-state index is 13.9. The van der Waals surface area contributed by atoms with Gasteiger partial charge in [0.2, 0.25) is 5.95 Å². The van der Waals surface area contributed by atoms with Crippen molar-refractivity contribution < 1.29 is 17.7 Å². The monoisotopic (exact) mass is 434 g/mol. The third kappa shape index (κ3) is 4.48. The van der Waals surface area contributed by atoms with Gasteiger partial charge in [-0.25, -0.2) is 15.0 Å². The lowest BCUT2D eigenvalue weighted by Gasteiger charge is -2.31. The van der Waals surface area contributed by atoms with Crippen LogP contribution in [0.25, 0.3) is 11.1 Å². The lowest BCUT2D eigenvalue weighted by molar-refractivity contribution is -0.136. The fraction of sp³-hybridized carbons (Fsp3) is 0.524. The summed E-state index contributed by atoms with van der Waals surface area (Å²) in [6, 6.07) is 1.13. The molecule has 1 atom stereocenters. The van der Waals surface area contributed by atoms with Crippen LogP contribution in [0.3, 0.4) is 0 Å². The first kappa shape index (κ1) is 21.5. The number of nitrogens with one attached hydrogen (secondary N) is 1. The summed E-state index contributed by atoms with van der Waals surface area (Å²) in [5, 5.41) is 6.93. The molecule has 0 bridgehead atoms. The predicted molar refractivity (Wildman–Crippen MR) is 110 cm³/mol. The minimum absolute atomic E-state index is 0.00884. The Kier molecular flexibility index (Phi) is 5.83. The van der Waals surface area contributed by atoms with Crippen molar-refractivity contribution in [2.75, 3.05) is 25.5 Å².